The van der Waals surface area contributed by atoms with Gasteiger partial charge in [0, 0.05) is 12.5 Å². The highest BCUT2D eigenvalue weighted by molar-refractivity contribution is 6.40. The first-order chi connectivity index (χ1) is 14.4. The number of aliphatic carboxylic acids is 1. The largest absolute Gasteiger partial charge is 0.480 e. The van der Waals surface area contributed by atoms with Crippen LogP contribution in [0, 0.1) is 0 Å². The van der Waals surface area contributed by atoms with E-state index in [0.29, 0.717) is 32.1 Å². The number of likely N-dealkylation sites (tertiary alicyclic amines) is 1. The fourth-order valence-electron chi connectivity index (χ4n) is 4.25. The number of fused-ring (bicyclic) bond motifs is 1. The van der Waals surface area contributed by atoms with Crippen LogP contribution >= 0.6 is 0 Å². The van der Waals surface area contributed by atoms with Gasteiger partial charge in [0.15, 0.2) is 11.5 Å². The fourth-order valence-corrected chi connectivity index (χ4v) is 4.25. The Labute approximate surface area is 177 Å². The van der Waals surface area contributed by atoms with Crippen molar-refractivity contribution in [2.24, 2.45) is 5.73 Å². The quantitative estimate of drug-likeness (QED) is 0.323. The Balaban J connectivity index is 1.48. The molecule has 1 aromatic heterocycles. The van der Waals surface area contributed by atoms with Gasteiger partial charge in [-0.3, -0.25) is 4.79 Å². The van der Waals surface area contributed by atoms with E-state index in [1.807, 2.05) is 24.3 Å². The van der Waals surface area contributed by atoms with Gasteiger partial charge in [0.2, 0.25) is 0 Å². The Bertz CT molecular complexity index is 797. The normalized spacial score (nSPS) is 19.6. The number of piperidine rings is 1. The minimum Gasteiger partial charge on any atom is -0.480 e. The first kappa shape index (κ1) is 22.7. The molecule has 9 heteroatoms. The Hall–Kier alpha value is -1.94. The maximum Gasteiger partial charge on any atom is 0.451 e. The number of para-hydroxylation sites is 2. The van der Waals surface area contributed by atoms with Crippen LogP contribution in [0.4, 0.5) is 0 Å². The van der Waals surface area contributed by atoms with E-state index in [4.69, 9.17) is 20.2 Å². The molecular weight excluding hydrogens is 385 g/mol. The van der Waals surface area contributed by atoms with Crippen molar-refractivity contribution in [3.05, 3.63) is 30.2 Å². The Kier molecular flexibility index (Phi) is 7.88. The Morgan fingerprint density at radius 2 is 2.03 bits per heavy atom. The van der Waals surface area contributed by atoms with Gasteiger partial charge in [-0.25, -0.2) is 4.98 Å². The lowest BCUT2D eigenvalue weighted by molar-refractivity contribution is -0.144. The molecule has 3 rings (SSSR count). The van der Waals surface area contributed by atoms with Gasteiger partial charge in [-0.2, -0.15) is 0 Å². The molecule has 1 saturated heterocycles. The highest BCUT2D eigenvalue weighted by Crippen LogP contribution is 2.29. The SMILES string of the molecule is NC(CCCCB(O)O)(CCCN1CCCC(c2nc3ccccc3o2)C1)C(=O)O. The molecule has 2 aromatic rings. The summed E-state index contributed by atoms with van der Waals surface area (Å²) in [7, 11) is -1.35. The molecule has 2 unspecified atom stereocenters. The average Bonchev–Trinajstić information content (AvgIpc) is 3.16. The summed E-state index contributed by atoms with van der Waals surface area (Å²) in [5, 5.41) is 27.4. The van der Waals surface area contributed by atoms with Gasteiger partial charge in [-0.1, -0.05) is 25.0 Å². The van der Waals surface area contributed by atoms with Crippen molar-refractivity contribution in [3.8, 4) is 0 Å². The van der Waals surface area contributed by atoms with Gasteiger partial charge >= 0.3 is 13.1 Å². The third-order valence-corrected chi connectivity index (χ3v) is 6.02. The molecule has 1 aromatic carbocycles. The number of carboxylic acids is 1. The molecule has 1 aliphatic heterocycles. The number of oxazole rings is 1. The summed E-state index contributed by atoms with van der Waals surface area (Å²) in [6.45, 7) is 2.62. The van der Waals surface area contributed by atoms with Crippen LogP contribution in [0.5, 0.6) is 0 Å². The molecule has 0 aliphatic carbocycles. The number of nitrogens with zero attached hydrogens (tertiary/aromatic N) is 2. The third kappa shape index (κ3) is 6.04. The molecule has 2 atom stereocenters. The molecule has 30 heavy (non-hydrogen) atoms. The van der Waals surface area contributed by atoms with Gasteiger partial charge in [0.05, 0.1) is 0 Å². The zero-order chi connectivity index (χ0) is 21.6. The van der Waals surface area contributed by atoms with Crippen LogP contribution in [-0.2, 0) is 4.79 Å². The highest BCUT2D eigenvalue weighted by Gasteiger charge is 2.33. The second kappa shape index (κ2) is 10.4. The lowest BCUT2D eigenvalue weighted by Gasteiger charge is -2.32. The Morgan fingerprint density at radius 1 is 1.27 bits per heavy atom. The van der Waals surface area contributed by atoms with Crippen LogP contribution in [0.2, 0.25) is 6.32 Å². The number of aromatic nitrogens is 1. The molecule has 0 saturated carbocycles. The summed E-state index contributed by atoms with van der Waals surface area (Å²) in [5.74, 6) is 0.0406. The van der Waals surface area contributed by atoms with E-state index in [-0.39, 0.29) is 12.2 Å². The van der Waals surface area contributed by atoms with Crippen LogP contribution in [0.15, 0.2) is 28.7 Å². The number of carboxylic acid groups (broad SMARTS) is 1. The lowest BCUT2D eigenvalue weighted by Crippen LogP contribution is -2.48. The van der Waals surface area contributed by atoms with Gasteiger partial charge in [-0.05, 0) is 63.6 Å². The predicted molar refractivity (Wildman–Crippen MR) is 115 cm³/mol. The molecule has 0 bridgehead atoms. The van der Waals surface area contributed by atoms with Crippen molar-refractivity contribution in [2.75, 3.05) is 19.6 Å². The van der Waals surface area contributed by atoms with Crippen molar-refractivity contribution < 1.29 is 24.4 Å². The summed E-state index contributed by atoms with van der Waals surface area (Å²) >= 11 is 0. The third-order valence-electron chi connectivity index (χ3n) is 6.02. The fraction of sp³-hybridized carbons (Fsp3) is 0.619. The van der Waals surface area contributed by atoms with E-state index >= 15 is 0 Å². The zero-order valence-corrected chi connectivity index (χ0v) is 17.4. The standard InChI is InChI=1S/C21H32BN3O5/c23-21(20(26)27,10-3-4-12-22(28)29)11-6-14-25-13-5-7-16(15-25)19-24-17-8-1-2-9-18(17)30-19/h1-2,8-9,16,28-29H,3-7,10-15,23H2,(H,26,27). The van der Waals surface area contributed by atoms with E-state index in [1.54, 1.807) is 0 Å². The number of carbonyl (C=O) groups is 1. The van der Waals surface area contributed by atoms with E-state index in [0.717, 1.165) is 49.5 Å². The summed E-state index contributed by atoms with van der Waals surface area (Å²) in [5.41, 5.74) is 6.59. The number of benzene rings is 1. The second-order valence-corrected chi connectivity index (χ2v) is 8.45. The van der Waals surface area contributed by atoms with Crippen molar-refractivity contribution in [1.29, 1.82) is 0 Å². The van der Waals surface area contributed by atoms with Crippen molar-refractivity contribution in [1.82, 2.24) is 9.88 Å². The number of rotatable bonds is 11. The maximum atomic E-state index is 11.7. The second-order valence-electron chi connectivity index (χ2n) is 8.45. The molecule has 1 aliphatic rings. The van der Waals surface area contributed by atoms with Gasteiger partial charge < -0.3 is 30.2 Å². The van der Waals surface area contributed by atoms with E-state index in [9.17, 15) is 9.90 Å². The summed E-state index contributed by atoms with van der Waals surface area (Å²) in [6.07, 6.45) is 4.86. The van der Waals surface area contributed by atoms with Crippen molar-refractivity contribution in [3.63, 3.8) is 0 Å². The van der Waals surface area contributed by atoms with E-state index in [1.165, 1.54) is 0 Å². The van der Waals surface area contributed by atoms with Crippen molar-refractivity contribution in [2.45, 2.75) is 62.7 Å². The zero-order valence-electron chi connectivity index (χ0n) is 17.4. The smallest absolute Gasteiger partial charge is 0.451 e. The number of unbranched alkanes of at least 4 members (excludes halogenated alkanes) is 1. The average molecular weight is 417 g/mol. The number of hydrogen-bond acceptors (Lipinski definition) is 7. The van der Waals surface area contributed by atoms with Gasteiger partial charge in [-0.15, -0.1) is 0 Å². The monoisotopic (exact) mass is 417 g/mol. The first-order valence-corrected chi connectivity index (χ1v) is 10.8. The predicted octanol–water partition coefficient (Wildman–Crippen LogP) is 2.21. The Morgan fingerprint density at radius 3 is 2.77 bits per heavy atom. The van der Waals surface area contributed by atoms with Crippen molar-refractivity contribution >= 4 is 24.2 Å². The van der Waals surface area contributed by atoms with Crippen LogP contribution in [0.3, 0.4) is 0 Å². The minimum absolute atomic E-state index is 0.237. The first-order valence-electron chi connectivity index (χ1n) is 10.8. The minimum atomic E-state index is -1.35. The summed E-state index contributed by atoms with van der Waals surface area (Å²) in [4.78, 5) is 18.7. The summed E-state index contributed by atoms with van der Waals surface area (Å²) < 4.78 is 5.95. The molecule has 0 amide bonds. The van der Waals surface area contributed by atoms with Gasteiger partial charge in [0.25, 0.3) is 0 Å². The molecule has 164 valence electrons. The van der Waals surface area contributed by atoms with Crippen LogP contribution in [0.25, 0.3) is 11.1 Å². The van der Waals surface area contributed by atoms with Crippen LogP contribution < -0.4 is 5.73 Å². The maximum absolute atomic E-state index is 11.7. The number of nitrogens with two attached hydrogens (primary N) is 1. The molecule has 0 radical (unpaired) electrons. The lowest BCUT2D eigenvalue weighted by atomic mass is 9.81. The highest BCUT2D eigenvalue weighted by atomic mass is 16.4. The van der Waals surface area contributed by atoms with Crippen LogP contribution in [0.1, 0.15) is 56.8 Å². The molecule has 0 spiro atoms. The molecule has 1 fully saturated rings. The topological polar surface area (TPSA) is 133 Å². The molecule has 5 N–H and O–H groups in total. The summed E-state index contributed by atoms with van der Waals surface area (Å²) in [6, 6.07) is 7.78. The van der Waals surface area contributed by atoms with Gasteiger partial charge in [0.1, 0.15) is 11.1 Å². The van der Waals surface area contributed by atoms with E-state index < -0.39 is 18.6 Å². The number of hydrogen-bond donors (Lipinski definition) is 4. The van der Waals surface area contributed by atoms with Crippen LogP contribution in [-0.4, -0.2) is 63.3 Å². The van der Waals surface area contributed by atoms with E-state index in [2.05, 4.69) is 9.88 Å². The molecular formula is C21H32BN3O5. The molecule has 2 heterocycles. The molecule has 8 nitrogen and oxygen atoms in total.